The van der Waals surface area contributed by atoms with E-state index >= 15 is 0 Å². The maximum Gasteiger partial charge on any atom is 0.267 e. The van der Waals surface area contributed by atoms with Gasteiger partial charge in [-0.3, -0.25) is 14.7 Å². The average molecular weight is 415 g/mol. The van der Waals surface area contributed by atoms with Crippen LogP contribution in [-0.2, 0) is 17.9 Å². The summed E-state index contributed by atoms with van der Waals surface area (Å²) in [6.07, 6.45) is 1.91. The third-order valence-electron chi connectivity index (χ3n) is 4.72. The minimum absolute atomic E-state index is 0.0218. The number of nitrogens with zero attached hydrogens (tertiary/aromatic N) is 2. The highest BCUT2D eigenvalue weighted by Crippen LogP contribution is 2.34. The molecule has 0 aromatic heterocycles. The first kappa shape index (κ1) is 20.0. The fourth-order valence-electron chi connectivity index (χ4n) is 3.13. The van der Waals surface area contributed by atoms with Crippen molar-refractivity contribution in [2.45, 2.75) is 13.1 Å². The number of aliphatic imine (C=N–C) groups is 1. The van der Waals surface area contributed by atoms with Crippen molar-refractivity contribution in [2.75, 3.05) is 7.11 Å². The molecule has 1 amide bonds. The standard InChI is InChI=1S/C25H22N2O2S/c1-29-22-14-12-19(13-15-22)16-23-24(28)27(18-21-10-6-3-7-11-21)25(30-23)26-17-20-8-4-2-5-9-20/h2-16H,17-18H2,1H3/b23-16-,26-25?. The first-order valence-corrected chi connectivity index (χ1v) is 10.5. The molecule has 0 saturated carbocycles. The number of hydrogen-bond donors (Lipinski definition) is 0. The van der Waals surface area contributed by atoms with Crippen LogP contribution in [0, 0.1) is 0 Å². The van der Waals surface area contributed by atoms with Crippen LogP contribution in [0.1, 0.15) is 16.7 Å². The molecule has 5 heteroatoms. The molecule has 0 N–H and O–H groups in total. The Morgan fingerprint density at radius 1 is 0.900 bits per heavy atom. The zero-order valence-electron chi connectivity index (χ0n) is 16.7. The van der Waals surface area contributed by atoms with Gasteiger partial charge in [0.25, 0.3) is 5.91 Å². The molecular formula is C25H22N2O2S. The van der Waals surface area contributed by atoms with Gasteiger partial charge in [-0.15, -0.1) is 0 Å². The highest BCUT2D eigenvalue weighted by Gasteiger charge is 2.33. The van der Waals surface area contributed by atoms with Crippen molar-refractivity contribution in [3.63, 3.8) is 0 Å². The molecular weight excluding hydrogens is 392 g/mol. The fraction of sp³-hybridized carbons (Fsp3) is 0.120. The van der Waals surface area contributed by atoms with E-state index in [2.05, 4.69) is 0 Å². The lowest BCUT2D eigenvalue weighted by Gasteiger charge is -2.15. The van der Waals surface area contributed by atoms with Gasteiger partial charge >= 0.3 is 0 Å². The van der Waals surface area contributed by atoms with Gasteiger partial charge in [-0.05, 0) is 46.7 Å². The number of amides is 1. The van der Waals surface area contributed by atoms with Crippen LogP contribution >= 0.6 is 11.8 Å². The van der Waals surface area contributed by atoms with Crippen molar-refractivity contribution in [1.29, 1.82) is 0 Å². The van der Waals surface area contributed by atoms with E-state index in [0.717, 1.165) is 27.6 Å². The zero-order chi connectivity index (χ0) is 20.8. The molecule has 150 valence electrons. The van der Waals surface area contributed by atoms with Crippen LogP contribution in [0.3, 0.4) is 0 Å². The van der Waals surface area contributed by atoms with Crippen LogP contribution in [-0.4, -0.2) is 23.1 Å². The normalized spacial score (nSPS) is 16.4. The Kier molecular flexibility index (Phi) is 6.30. The molecule has 1 fully saturated rings. The number of ether oxygens (including phenoxy) is 1. The number of hydrogen-bond acceptors (Lipinski definition) is 4. The molecule has 4 nitrogen and oxygen atoms in total. The summed E-state index contributed by atoms with van der Waals surface area (Å²) in [6, 6.07) is 27.7. The Labute approximate surface area is 180 Å². The second kappa shape index (κ2) is 9.46. The van der Waals surface area contributed by atoms with Gasteiger partial charge in [-0.25, -0.2) is 0 Å². The summed E-state index contributed by atoms with van der Waals surface area (Å²) in [4.78, 5) is 20.4. The van der Waals surface area contributed by atoms with E-state index in [1.54, 1.807) is 12.0 Å². The molecule has 3 aromatic rings. The number of benzene rings is 3. The lowest BCUT2D eigenvalue weighted by Crippen LogP contribution is -2.28. The van der Waals surface area contributed by atoms with Crippen molar-refractivity contribution in [3.05, 3.63) is 107 Å². The summed E-state index contributed by atoms with van der Waals surface area (Å²) in [5, 5.41) is 0.729. The first-order chi connectivity index (χ1) is 14.7. The van der Waals surface area contributed by atoms with Crippen LogP contribution < -0.4 is 4.74 Å². The SMILES string of the molecule is COc1ccc(/C=C2\SC(=NCc3ccccc3)N(Cc3ccccc3)C2=O)cc1. The van der Waals surface area contributed by atoms with Gasteiger partial charge in [0.1, 0.15) is 5.75 Å². The van der Waals surface area contributed by atoms with Crippen molar-refractivity contribution >= 4 is 28.9 Å². The third-order valence-corrected chi connectivity index (χ3v) is 5.77. The second-order valence-corrected chi connectivity index (χ2v) is 7.85. The van der Waals surface area contributed by atoms with Crippen molar-refractivity contribution in [2.24, 2.45) is 4.99 Å². The van der Waals surface area contributed by atoms with Crippen LogP contribution in [0.15, 0.2) is 94.8 Å². The number of carbonyl (C=O) groups is 1. The predicted molar refractivity (Wildman–Crippen MR) is 123 cm³/mol. The van der Waals surface area contributed by atoms with E-state index in [9.17, 15) is 4.79 Å². The quantitative estimate of drug-likeness (QED) is 0.510. The monoisotopic (exact) mass is 414 g/mol. The van der Waals surface area contributed by atoms with Gasteiger partial charge in [0.2, 0.25) is 0 Å². The number of methoxy groups -OCH3 is 1. The maximum atomic E-state index is 13.2. The summed E-state index contributed by atoms with van der Waals surface area (Å²) < 4.78 is 5.21. The molecule has 1 heterocycles. The molecule has 1 aliphatic rings. The first-order valence-electron chi connectivity index (χ1n) is 9.71. The third kappa shape index (κ3) is 4.81. The molecule has 4 rings (SSSR count). The molecule has 0 spiro atoms. The average Bonchev–Trinajstić information content (AvgIpc) is 3.08. The van der Waals surface area contributed by atoms with E-state index in [1.165, 1.54) is 11.8 Å². The topological polar surface area (TPSA) is 41.9 Å². The van der Waals surface area contributed by atoms with Gasteiger partial charge in [0, 0.05) is 0 Å². The molecule has 0 bridgehead atoms. The van der Waals surface area contributed by atoms with Gasteiger partial charge < -0.3 is 4.74 Å². The van der Waals surface area contributed by atoms with Crippen LogP contribution in [0.25, 0.3) is 6.08 Å². The van der Waals surface area contributed by atoms with Gasteiger partial charge in [-0.1, -0.05) is 72.8 Å². The Morgan fingerprint density at radius 2 is 1.53 bits per heavy atom. The smallest absolute Gasteiger partial charge is 0.267 e. The maximum absolute atomic E-state index is 13.2. The Morgan fingerprint density at radius 3 is 2.17 bits per heavy atom. The van der Waals surface area contributed by atoms with E-state index in [-0.39, 0.29) is 5.91 Å². The number of thioether (sulfide) groups is 1. The second-order valence-electron chi connectivity index (χ2n) is 6.85. The van der Waals surface area contributed by atoms with Crippen LogP contribution in [0.5, 0.6) is 5.75 Å². The summed E-state index contributed by atoms with van der Waals surface area (Å²) in [6.45, 7) is 1.04. The fourth-order valence-corrected chi connectivity index (χ4v) is 4.10. The van der Waals surface area contributed by atoms with E-state index in [1.807, 2.05) is 91.0 Å². The molecule has 1 saturated heterocycles. The molecule has 0 unspecified atom stereocenters. The lowest BCUT2D eigenvalue weighted by atomic mass is 10.2. The van der Waals surface area contributed by atoms with E-state index in [0.29, 0.717) is 18.0 Å². The van der Waals surface area contributed by atoms with Gasteiger partial charge in [-0.2, -0.15) is 0 Å². The zero-order valence-corrected chi connectivity index (χ0v) is 17.5. The number of rotatable bonds is 6. The molecule has 3 aromatic carbocycles. The summed E-state index contributed by atoms with van der Waals surface area (Å²) in [7, 11) is 1.64. The predicted octanol–water partition coefficient (Wildman–Crippen LogP) is 5.37. The highest BCUT2D eigenvalue weighted by atomic mass is 32.2. The van der Waals surface area contributed by atoms with Gasteiger partial charge in [0.15, 0.2) is 5.17 Å². The van der Waals surface area contributed by atoms with E-state index in [4.69, 9.17) is 9.73 Å². The Hall–Kier alpha value is -3.31. The molecule has 0 radical (unpaired) electrons. The largest absolute Gasteiger partial charge is 0.497 e. The number of amidine groups is 1. The van der Waals surface area contributed by atoms with Gasteiger partial charge in [0.05, 0.1) is 25.1 Å². The molecule has 30 heavy (non-hydrogen) atoms. The lowest BCUT2D eigenvalue weighted by molar-refractivity contribution is -0.122. The highest BCUT2D eigenvalue weighted by molar-refractivity contribution is 8.18. The van der Waals surface area contributed by atoms with Crippen molar-refractivity contribution < 1.29 is 9.53 Å². The van der Waals surface area contributed by atoms with Crippen molar-refractivity contribution in [1.82, 2.24) is 4.90 Å². The minimum atomic E-state index is -0.0218. The molecule has 1 aliphatic heterocycles. The summed E-state index contributed by atoms with van der Waals surface area (Å²) in [5.41, 5.74) is 3.14. The number of carbonyl (C=O) groups excluding carboxylic acids is 1. The molecule has 0 atom stereocenters. The minimum Gasteiger partial charge on any atom is -0.497 e. The van der Waals surface area contributed by atoms with E-state index < -0.39 is 0 Å². The van der Waals surface area contributed by atoms with Crippen LogP contribution in [0.2, 0.25) is 0 Å². The molecule has 0 aliphatic carbocycles. The van der Waals surface area contributed by atoms with Crippen molar-refractivity contribution in [3.8, 4) is 5.75 Å². The Balaban J connectivity index is 1.61. The summed E-state index contributed by atoms with van der Waals surface area (Å²) >= 11 is 1.43. The van der Waals surface area contributed by atoms with Crippen LogP contribution in [0.4, 0.5) is 0 Å². The Bertz CT molecular complexity index is 1060. The summed E-state index contributed by atoms with van der Waals surface area (Å²) in [5.74, 6) is 0.768.